The molecule has 1 heterocycles. The number of nitrogens with two attached hydrogens (primary N) is 1. The minimum Gasteiger partial charge on any atom is -0.372 e. The van der Waals surface area contributed by atoms with Crippen molar-refractivity contribution >= 4 is 11.3 Å². The topological polar surface area (TPSA) is 48.1 Å². The minimum absolute atomic E-state index is 0.0982. The fourth-order valence-corrected chi connectivity index (χ4v) is 2.35. The molecule has 0 aromatic carbocycles. The van der Waals surface area contributed by atoms with Gasteiger partial charge in [0.25, 0.3) is 0 Å². The average Bonchev–Trinajstić information content (AvgIpc) is 2.72. The number of hydrogen-bond donors (Lipinski definition) is 1. The van der Waals surface area contributed by atoms with Gasteiger partial charge in [-0.3, -0.25) is 0 Å². The lowest BCUT2D eigenvalue weighted by Gasteiger charge is -2.07. The third-order valence-electron chi connectivity index (χ3n) is 2.59. The van der Waals surface area contributed by atoms with Crippen molar-refractivity contribution in [2.24, 2.45) is 5.73 Å². The standard InChI is InChI=1S/C10H16N2OS/c1-3-13-7(2)9-12-8(6-14-9)10(11)4-5-10/h6-7H,3-5,11H2,1-2H3. The zero-order valence-electron chi connectivity index (χ0n) is 8.62. The van der Waals surface area contributed by atoms with Gasteiger partial charge in [-0.25, -0.2) is 4.98 Å². The van der Waals surface area contributed by atoms with Crippen molar-refractivity contribution < 1.29 is 4.74 Å². The van der Waals surface area contributed by atoms with Crippen molar-refractivity contribution in [1.29, 1.82) is 0 Å². The van der Waals surface area contributed by atoms with Gasteiger partial charge in [-0.1, -0.05) is 0 Å². The summed E-state index contributed by atoms with van der Waals surface area (Å²) in [5, 5.41) is 3.11. The SMILES string of the molecule is CCOC(C)c1nc(C2(N)CC2)cs1. The van der Waals surface area contributed by atoms with Crippen LogP contribution in [0.15, 0.2) is 5.38 Å². The second-order valence-electron chi connectivity index (χ2n) is 3.82. The van der Waals surface area contributed by atoms with Crippen LogP contribution in [0, 0.1) is 0 Å². The van der Waals surface area contributed by atoms with Crippen LogP contribution in [0.4, 0.5) is 0 Å². The third-order valence-corrected chi connectivity index (χ3v) is 3.59. The largest absolute Gasteiger partial charge is 0.372 e. The van der Waals surface area contributed by atoms with Gasteiger partial charge in [0.05, 0.1) is 11.2 Å². The zero-order chi connectivity index (χ0) is 10.2. The Labute approximate surface area is 88.3 Å². The van der Waals surface area contributed by atoms with Gasteiger partial charge in [0.1, 0.15) is 11.1 Å². The summed E-state index contributed by atoms with van der Waals surface area (Å²) in [5.41, 5.74) is 6.99. The quantitative estimate of drug-likeness (QED) is 0.832. The summed E-state index contributed by atoms with van der Waals surface area (Å²) in [4.78, 5) is 4.53. The second kappa shape index (κ2) is 3.61. The zero-order valence-corrected chi connectivity index (χ0v) is 9.43. The molecule has 14 heavy (non-hydrogen) atoms. The fraction of sp³-hybridized carbons (Fsp3) is 0.700. The van der Waals surface area contributed by atoms with E-state index in [2.05, 4.69) is 10.4 Å². The summed E-state index contributed by atoms with van der Waals surface area (Å²) >= 11 is 1.65. The molecule has 1 fully saturated rings. The molecule has 0 aliphatic heterocycles. The lowest BCUT2D eigenvalue weighted by atomic mass is 10.2. The molecule has 4 heteroatoms. The maximum Gasteiger partial charge on any atom is 0.122 e. The predicted molar refractivity (Wildman–Crippen MR) is 57.3 cm³/mol. The van der Waals surface area contributed by atoms with Gasteiger partial charge >= 0.3 is 0 Å². The summed E-state index contributed by atoms with van der Waals surface area (Å²) in [6.07, 6.45) is 2.24. The van der Waals surface area contributed by atoms with E-state index in [0.29, 0.717) is 0 Å². The van der Waals surface area contributed by atoms with E-state index in [0.717, 1.165) is 30.2 Å². The molecular weight excluding hydrogens is 196 g/mol. The highest BCUT2D eigenvalue weighted by atomic mass is 32.1. The molecule has 2 rings (SSSR count). The molecule has 0 amide bonds. The molecule has 1 saturated carbocycles. The number of nitrogens with zero attached hydrogens (tertiary/aromatic N) is 1. The van der Waals surface area contributed by atoms with Crippen molar-refractivity contribution in [2.75, 3.05) is 6.61 Å². The molecule has 1 aliphatic carbocycles. The Kier molecular flexibility index (Phi) is 2.60. The highest BCUT2D eigenvalue weighted by Gasteiger charge is 2.42. The van der Waals surface area contributed by atoms with Crippen molar-refractivity contribution in [2.45, 2.75) is 38.3 Å². The molecule has 0 radical (unpaired) electrons. The highest BCUT2D eigenvalue weighted by molar-refractivity contribution is 7.09. The van der Waals surface area contributed by atoms with E-state index in [1.165, 1.54) is 0 Å². The molecule has 1 aliphatic rings. The molecule has 78 valence electrons. The van der Waals surface area contributed by atoms with Crippen molar-refractivity contribution in [3.05, 3.63) is 16.1 Å². The van der Waals surface area contributed by atoms with E-state index < -0.39 is 0 Å². The summed E-state index contributed by atoms with van der Waals surface area (Å²) in [6, 6.07) is 0. The Hall–Kier alpha value is -0.450. The van der Waals surface area contributed by atoms with Gasteiger partial charge in [0, 0.05) is 12.0 Å². The molecule has 2 N–H and O–H groups in total. The molecule has 0 saturated heterocycles. The van der Waals surface area contributed by atoms with Crippen LogP contribution in [0.25, 0.3) is 0 Å². The summed E-state index contributed by atoms with van der Waals surface area (Å²) < 4.78 is 5.48. The first-order valence-electron chi connectivity index (χ1n) is 5.02. The molecule has 0 bridgehead atoms. The molecule has 1 atom stereocenters. The fourth-order valence-electron chi connectivity index (χ4n) is 1.42. The Balaban J connectivity index is 2.09. The van der Waals surface area contributed by atoms with Crippen molar-refractivity contribution in [3.63, 3.8) is 0 Å². The number of ether oxygens (including phenoxy) is 1. The van der Waals surface area contributed by atoms with E-state index in [4.69, 9.17) is 10.5 Å². The normalized spacial score (nSPS) is 20.8. The van der Waals surface area contributed by atoms with Gasteiger partial charge in [0.15, 0.2) is 0 Å². The van der Waals surface area contributed by atoms with E-state index in [1.807, 2.05) is 13.8 Å². The first kappa shape index (κ1) is 10.1. The van der Waals surface area contributed by atoms with Crippen LogP contribution in [0.3, 0.4) is 0 Å². The lowest BCUT2D eigenvalue weighted by molar-refractivity contribution is 0.0760. The monoisotopic (exact) mass is 212 g/mol. The Morgan fingerprint density at radius 2 is 2.43 bits per heavy atom. The summed E-state index contributed by atoms with van der Waals surface area (Å²) in [7, 11) is 0. The lowest BCUT2D eigenvalue weighted by Crippen LogP contribution is -2.19. The van der Waals surface area contributed by atoms with Crippen LogP contribution in [-0.2, 0) is 10.3 Å². The number of hydrogen-bond acceptors (Lipinski definition) is 4. The summed E-state index contributed by atoms with van der Waals surface area (Å²) in [5.74, 6) is 0. The Bertz CT molecular complexity index is 320. The Morgan fingerprint density at radius 1 is 1.71 bits per heavy atom. The van der Waals surface area contributed by atoms with Crippen molar-refractivity contribution in [1.82, 2.24) is 4.98 Å². The van der Waals surface area contributed by atoms with Crippen LogP contribution in [0.1, 0.15) is 43.5 Å². The summed E-state index contributed by atoms with van der Waals surface area (Å²) in [6.45, 7) is 4.75. The third kappa shape index (κ3) is 1.82. The Morgan fingerprint density at radius 3 is 3.00 bits per heavy atom. The molecule has 1 aromatic rings. The molecule has 1 unspecified atom stereocenters. The van der Waals surface area contributed by atoms with Crippen molar-refractivity contribution in [3.8, 4) is 0 Å². The van der Waals surface area contributed by atoms with Gasteiger partial charge in [-0.15, -0.1) is 11.3 Å². The van der Waals surface area contributed by atoms with Gasteiger partial charge in [-0.2, -0.15) is 0 Å². The van der Waals surface area contributed by atoms with Gasteiger partial charge < -0.3 is 10.5 Å². The van der Waals surface area contributed by atoms with E-state index in [-0.39, 0.29) is 11.6 Å². The van der Waals surface area contributed by atoms with Gasteiger partial charge in [-0.05, 0) is 26.7 Å². The molecule has 0 spiro atoms. The first-order valence-corrected chi connectivity index (χ1v) is 5.90. The van der Waals surface area contributed by atoms with E-state index in [9.17, 15) is 0 Å². The second-order valence-corrected chi connectivity index (χ2v) is 4.71. The molecular formula is C10H16N2OS. The average molecular weight is 212 g/mol. The predicted octanol–water partition coefficient (Wildman–Crippen LogP) is 2.19. The maximum absolute atomic E-state index is 6.06. The van der Waals surface area contributed by atoms with Gasteiger partial charge in [0.2, 0.25) is 0 Å². The number of aromatic nitrogens is 1. The minimum atomic E-state index is -0.110. The molecule has 3 nitrogen and oxygen atoms in total. The smallest absolute Gasteiger partial charge is 0.122 e. The van der Waals surface area contributed by atoms with Crippen LogP contribution in [0.5, 0.6) is 0 Å². The van der Waals surface area contributed by atoms with Crippen LogP contribution in [-0.4, -0.2) is 11.6 Å². The number of thiazole rings is 1. The number of rotatable bonds is 4. The van der Waals surface area contributed by atoms with E-state index in [1.54, 1.807) is 11.3 Å². The first-order chi connectivity index (χ1) is 6.65. The van der Waals surface area contributed by atoms with Crippen LogP contribution < -0.4 is 5.73 Å². The molecule has 1 aromatic heterocycles. The van der Waals surface area contributed by atoms with Crippen LogP contribution in [0.2, 0.25) is 0 Å². The van der Waals surface area contributed by atoms with E-state index >= 15 is 0 Å². The maximum atomic E-state index is 6.06. The van der Waals surface area contributed by atoms with Crippen LogP contribution >= 0.6 is 11.3 Å². The highest BCUT2D eigenvalue weighted by Crippen LogP contribution is 2.43.